The molecule has 0 amide bonds. The number of hydrogen-bond acceptors (Lipinski definition) is 4. The molecular weight excluding hydrogens is 275 g/mol. The minimum absolute atomic E-state index is 0.251. The van der Waals surface area contributed by atoms with E-state index < -0.39 is 0 Å². The van der Waals surface area contributed by atoms with Crippen molar-refractivity contribution in [3.05, 3.63) is 35.5 Å². The highest BCUT2D eigenvalue weighted by atomic mass is 32.1. The molecule has 2 atom stereocenters. The van der Waals surface area contributed by atoms with Gasteiger partial charge in [-0.3, -0.25) is 0 Å². The first-order chi connectivity index (χ1) is 9.60. The lowest BCUT2D eigenvalue weighted by Crippen LogP contribution is -2.26. The predicted octanol–water partition coefficient (Wildman–Crippen LogP) is 3.77. The Bertz CT molecular complexity index is 541. The largest absolute Gasteiger partial charge is 0.391 e. The SMILES string of the molecule is CCC(C)C(O)CNc1nc(-c2ccc(F)cc2)cs1. The van der Waals surface area contributed by atoms with Crippen LogP contribution in [0.5, 0.6) is 0 Å². The zero-order chi connectivity index (χ0) is 14.5. The summed E-state index contributed by atoms with van der Waals surface area (Å²) >= 11 is 1.48. The third-order valence-electron chi connectivity index (χ3n) is 3.41. The highest BCUT2D eigenvalue weighted by Crippen LogP contribution is 2.25. The number of nitrogens with zero attached hydrogens (tertiary/aromatic N) is 1. The molecule has 2 aromatic rings. The van der Waals surface area contributed by atoms with Crippen LogP contribution in [0, 0.1) is 11.7 Å². The second-order valence-electron chi connectivity index (χ2n) is 4.88. The normalized spacial score (nSPS) is 14.0. The zero-order valence-electron chi connectivity index (χ0n) is 11.6. The van der Waals surface area contributed by atoms with Gasteiger partial charge in [0, 0.05) is 17.5 Å². The van der Waals surface area contributed by atoms with Gasteiger partial charge < -0.3 is 10.4 Å². The van der Waals surface area contributed by atoms with E-state index in [-0.39, 0.29) is 17.8 Å². The molecule has 2 rings (SSSR count). The molecule has 5 heteroatoms. The molecule has 108 valence electrons. The first-order valence-corrected chi connectivity index (χ1v) is 7.61. The highest BCUT2D eigenvalue weighted by Gasteiger charge is 2.12. The van der Waals surface area contributed by atoms with Gasteiger partial charge in [-0.1, -0.05) is 20.3 Å². The van der Waals surface area contributed by atoms with Crippen LogP contribution in [0.2, 0.25) is 0 Å². The quantitative estimate of drug-likeness (QED) is 0.852. The van der Waals surface area contributed by atoms with Crippen LogP contribution in [0.3, 0.4) is 0 Å². The zero-order valence-corrected chi connectivity index (χ0v) is 12.5. The summed E-state index contributed by atoms with van der Waals surface area (Å²) in [6, 6.07) is 6.27. The van der Waals surface area contributed by atoms with Gasteiger partial charge in [0.1, 0.15) is 5.82 Å². The molecule has 1 aromatic carbocycles. The first-order valence-electron chi connectivity index (χ1n) is 6.73. The Balaban J connectivity index is 1.97. The van der Waals surface area contributed by atoms with Crippen LogP contribution in [-0.4, -0.2) is 22.7 Å². The van der Waals surface area contributed by atoms with Crippen LogP contribution < -0.4 is 5.32 Å². The summed E-state index contributed by atoms with van der Waals surface area (Å²) in [5.41, 5.74) is 1.70. The van der Waals surface area contributed by atoms with Crippen LogP contribution in [0.15, 0.2) is 29.6 Å². The Morgan fingerprint density at radius 2 is 2.05 bits per heavy atom. The number of anilines is 1. The number of nitrogens with one attached hydrogen (secondary N) is 1. The number of aromatic nitrogens is 1. The molecule has 2 N–H and O–H groups in total. The standard InChI is InChI=1S/C15H19FN2OS/c1-3-10(2)14(19)8-17-15-18-13(9-20-15)11-4-6-12(16)7-5-11/h4-7,9-10,14,19H,3,8H2,1-2H3,(H,17,18). The van der Waals surface area contributed by atoms with Crippen LogP contribution in [0.4, 0.5) is 9.52 Å². The van der Waals surface area contributed by atoms with Gasteiger partial charge in [-0.05, 0) is 30.2 Å². The van der Waals surface area contributed by atoms with Gasteiger partial charge in [-0.25, -0.2) is 9.37 Å². The average Bonchev–Trinajstić information content (AvgIpc) is 2.93. The van der Waals surface area contributed by atoms with Crippen molar-refractivity contribution in [2.75, 3.05) is 11.9 Å². The molecular formula is C15H19FN2OS. The fraction of sp³-hybridized carbons (Fsp3) is 0.400. The maximum atomic E-state index is 12.9. The van der Waals surface area contributed by atoms with E-state index in [0.29, 0.717) is 6.54 Å². The molecule has 0 bridgehead atoms. The van der Waals surface area contributed by atoms with Crippen molar-refractivity contribution in [3.63, 3.8) is 0 Å². The number of rotatable bonds is 6. The van der Waals surface area contributed by atoms with Crippen LogP contribution in [-0.2, 0) is 0 Å². The monoisotopic (exact) mass is 294 g/mol. The van der Waals surface area contributed by atoms with Crippen molar-refractivity contribution in [1.82, 2.24) is 4.98 Å². The van der Waals surface area contributed by atoms with Crippen LogP contribution in [0.1, 0.15) is 20.3 Å². The number of thiazole rings is 1. The number of aliphatic hydroxyl groups excluding tert-OH is 1. The molecule has 0 saturated heterocycles. The molecule has 20 heavy (non-hydrogen) atoms. The summed E-state index contributed by atoms with van der Waals surface area (Å²) in [6.07, 6.45) is 0.569. The Hall–Kier alpha value is -1.46. The van der Waals surface area contributed by atoms with Crippen molar-refractivity contribution >= 4 is 16.5 Å². The van der Waals surface area contributed by atoms with E-state index in [1.165, 1.54) is 23.5 Å². The van der Waals surface area contributed by atoms with E-state index in [1.807, 2.05) is 12.3 Å². The minimum Gasteiger partial charge on any atom is -0.391 e. The smallest absolute Gasteiger partial charge is 0.183 e. The van der Waals surface area contributed by atoms with Crippen molar-refractivity contribution in [3.8, 4) is 11.3 Å². The van der Waals surface area contributed by atoms with Crippen LogP contribution >= 0.6 is 11.3 Å². The third kappa shape index (κ3) is 3.77. The Labute approximate surface area is 122 Å². The number of halogens is 1. The second kappa shape index (κ2) is 6.81. The van der Waals surface area contributed by atoms with E-state index >= 15 is 0 Å². The Morgan fingerprint density at radius 1 is 1.35 bits per heavy atom. The van der Waals surface area contributed by atoms with E-state index in [4.69, 9.17) is 0 Å². The lowest BCUT2D eigenvalue weighted by molar-refractivity contribution is 0.126. The molecule has 1 aromatic heterocycles. The first kappa shape index (κ1) is 14.9. The minimum atomic E-state index is -0.377. The summed E-state index contributed by atoms with van der Waals surface area (Å²) in [5.74, 6) is 0.0121. The highest BCUT2D eigenvalue weighted by molar-refractivity contribution is 7.14. The number of aliphatic hydroxyl groups is 1. The summed E-state index contributed by atoms with van der Waals surface area (Å²) in [4.78, 5) is 4.44. The van der Waals surface area contributed by atoms with Crippen molar-refractivity contribution in [2.24, 2.45) is 5.92 Å². The maximum absolute atomic E-state index is 12.9. The molecule has 0 fully saturated rings. The fourth-order valence-electron chi connectivity index (χ4n) is 1.77. The predicted molar refractivity (Wildman–Crippen MR) is 81.5 cm³/mol. The van der Waals surface area contributed by atoms with E-state index in [1.54, 1.807) is 12.1 Å². The summed E-state index contributed by atoms with van der Waals surface area (Å²) in [5, 5.41) is 15.7. The van der Waals surface area contributed by atoms with Gasteiger partial charge in [-0.15, -0.1) is 11.3 Å². The molecule has 1 heterocycles. The molecule has 3 nitrogen and oxygen atoms in total. The Morgan fingerprint density at radius 3 is 2.70 bits per heavy atom. The Kier molecular flexibility index (Phi) is 5.09. The number of hydrogen-bond donors (Lipinski definition) is 2. The summed E-state index contributed by atoms with van der Waals surface area (Å²) < 4.78 is 12.9. The van der Waals surface area contributed by atoms with E-state index in [2.05, 4.69) is 17.2 Å². The molecule has 0 aliphatic heterocycles. The molecule has 0 spiro atoms. The van der Waals surface area contributed by atoms with Gasteiger partial charge in [0.2, 0.25) is 0 Å². The lowest BCUT2D eigenvalue weighted by Gasteiger charge is -2.16. The fourth-order valence-corrected chi connectivity index (χ4v) is 2.50. The number of benzene rings is 1. The van der Waals surface area contributed by atoms with Gasteiger partial charge in [-0.2, -0.15) is 0 Å². The van der Waals surface area contributed by atoms with Crippen LogP contribution in [0.25, 0.3) is 11.3 Å². The van der Waals surface area contributed by atoms with Gasteiger partial charge in [0.05, 0.1) is 11.8 Å². The summed E-state index contributed by atoms with van der Waals surface area (Å²) in [7, 11) is 0. The molecule has 0 aliphatic carbocycles. The van der Waals surface area contributed by atoms with E-state index in [9.17, 15) is 9.50 Å². The topological polar surface area (TPSA) is 45.1 Å². The third-order valence-corrected chi connectivity index (χ3v) is 4.21. The lowest BCUT2D eigenvalue weighted by atomic mass is 10.0. The molecule has 2 unspecified atom stereocenters. The van der Waals surface area contributed by atoms with Crippen molar-refractivity contribution in [2.45, 2.75) is 26.4 Å². The van der Waals surface area contributed by atoms with E-state index in [0.717, 1.165) is 22.8 Å². The second-order valence-corrected chi connectivity index (χ2v) is 5.74. The van der Waals surface area contributed by atoms with Gasteiger partial charge >= 0.3 is 0 Å². The van der Waals surface area contributed by atoms with Gasteiger partial charge in [0.15, 0.2) is 5.13 Å². The summed E-state index contributed by atoms with van der Waals surface area (Å²) in [6.45, 7) is 4.58. The van der Waals surface area contributed by atoms with Crippen molar-refractivity contribution in [1.29, 1.82) is 0 Å². The molecule has 0 radical (unpaired) electrons. The van der Waals surface area contributed by atoms with Crippen molar-refractivity contribution < 1.29 is 9.50 Å². The molecule has 0 aliphatic rings. The van der Waals surface area contributed by atoms with Gasteiger partial charge in [0.25, 0.3) is 0 Å². The average molecular weight is 294 g/mol. The molecule has 0 saturated carbocycles. The maximum Gasteiger partial charge on any atom is 0.183 e.